The molecule has 3 nitrogen and oxygen atoms in total. The van der Waals surface area contributed by atoms with Crippen LogP contribution in [0.25, 0.3) is 0 Å². The van der Waals surface area contributed by atoms with E-state index >= 15 is 0 Å². The van der Waals surface area contributed by atoms with E-state index in [0.29, 0.717) is 6.54 Å². The van der Waals surface area contributed by atoms with Crippen LogP contribution in [-0.4, -0.2) is 29.0 Å². The summed E-state index contributed by atoms with van der Waals surface area (Å²) in [6.45, 7) is 0.606. The Labute approximate surface area is 60.9 Å². The first-order valence-corrected chi connectivity index (χ1v) is 3.82. The average molecular weight is 145 g/mol. The van der Waals surface area contributed by atoms with Crippen molar-refractivity contribution in [3.8, 4) is 0 Å². The maximum absolute atomic E-state index is 9.28. The lowest BCUT2D eigenvalue weighted by Crippen LogP contribution is -2.26. The normalized spacial score (nSPS) is 40.5. The van der Waals surface area contributed by atoms with E-state index in [1.807, 2.05) is 0 Å². The summed E-state index contributed by atoms with van der Waals surface area (Å²) in [7, 11) is 0. The van der Waals surface area contributed by atoms with Crippen molar-refractivity contribution in [2.75, 3.05) is 6.54 Å². The first-order valence-electron chi connectivity index (χ1n) is 3.82. The topological polar surface area (TPSA) is 66.5 Å². The fourth-order valence-corrected chi connectivity index (χ4v) is 1.57. The van der Waals surface area contributed by atoms with Gasteiger partial charge in [-0.15, -0.1) is 0 Å². The van der Waals surface area contributed by atoms with Crippen LogP contribution in [0.1, 0.15) is 19.3 Å². The molecule has 0 bridgehead atoms. The Morgan fingerprint density at radius 3 is 2.40 bits per heavy atom. The first kappa shape index (κ1) is 7.98. The van der Waals surface area contributed by atoms with E-state index < -0.39 is 12.2 Å². The lowest BCUT2D eigenvalue weighted by Gasteiger charge is -2.14. The lowest BCUT2D eigenvalue weighted by molar-refractivity contribution is 0.0194. The monoisotopic (exact) mass is 145 g/mol. The Bertz CT molecular complexity index is 106. The third-order valence-corrected chi connectivity index (χ3v) is 2.25. The highest BCUT2D eigenvalue weighted by molar-refractivity contribution is 4.83. The highest BCUT2D eigenvalue weighted by atomic mass is 16.3. The third kappa shape index (κ3) is 1.48. The molecule has 1 fully saturated rings. The van der Waals surface area contributed by atoms with Crippen molar-refractivity contribution >= 4 is 0 Å². The zero-order valence-electron chi connectivity index (χ0n) is 6.03. The molecular weight excluding hydrogens is 130 g/mol. The third-order valence-electron chi connectivity index (χ3n) is 2.25. The summed E-state index contributed by atoms with van der Waals surface area (Å²) >= 11 is 0. The van der Waals surface area contributed by atoms with Crippen LogP contribution in [0, 0.1) is 5.92 Å². The van der Waals surface area contributed by atoms with E-state index in [4.69, 9.17) is 10.8 Å². The summed E-state index contributed by atoms with van der Waals surface area (Å²) in [5.74, 6) is 0.236. The van der Waals surface area contributed by atoms with E-state index in [0.717, 1.165) is 19.3 Å². The number of rotatable bonds is 2. The van der Waals surface area contributed by atoms with Crippen molar-refractivity contribution in [3.63, 3.8) is 0 Å². The fourth-order valence-electron chi connectivity index (χ4n) is 1.57. The van der Waals surface area contributed by atoms with E-state index in [1.54, 1.807) is 0 Å². The molecule has 1 rings (SSSR count). The van der Waals surface area contributed by atoms with Crippen LogP contribution in [0.15, 0.2) is 0 Å². The van der Waals surface area contributed by atoms with Gasteiger partial charge in [-0.2, -0.15) is 0 Å². The van der Waals surface area contributed by atoms with Gasteiger partial charge < -0.3 is 15.9 Å². The highest BCUT2D eigenvalue weighted by Crippen LogP contribution is 2.27. The number of hydrogen-bond acceptors (Lipinski definition) is 3. The van der Waals surface area contributed by atoms with Gasteiger partial charge in [0.1, 0.15) is 0 Å². The summed E-state index contributed by atoms with van der Waals surface area (Å²) in [5, 5.41) is 18.4. The first-order chi connectivity index (χ1) is 4.75. The molecule has 0 radical (unpaired) electrons. The van der Waals surface area contributed by atoms with Crippen molar-refractivity contribution in [1.82, 2.24) is 0 Å². The molecule has 0 aromatic carbocycles. The van der Waals surface area contributed by atoms with E-state index in [2.05, 4.69) is 0 Å². The predicted molar refractivity (Wildman–Crippen MR) is 38.4 cm³/mol. The number of hydrogen-bond donors (Lipinski definition) is 3. The van der Waals surface area contributed by atoms with Gasteiger partial charge in [0.25, 0.3) is 0 Å². The van der Waals surface area contributed by atoms with Gasteiger partial charge in [0.15, 0.2) is 0 Å². The van der Waals surface area contributed by atoms with Gasteiger partial charge in [-0.3, -0.25) is 0 Å². The average Bonchev–Trinajstić information content (AvgIpc) is 2.20. The van der Waals surface area contributed by atoms with Gasteiger partial charge >= 0.3 is 0 Å². The van der Waals surface area contributed by atoms with Crippen LogP contribution < -0.4 is 5.73 Å². The molecule has 1 saturated carbocycles. The Kier molecular flexibility index (Phi) is 2.65. The van der Waals surface area contributed by atoms with Crippen LogP contribution in [-0.2, 0) is 0 Å². The standard InChI is InChI=1S/C7H15NO2/c8-4-3-5-1-2-6(9)7(5)10/h5-7,9-10H,1-4,8H2. The van der Waals surface area contributed by atoms with Gasteiger partial charge in [0, 0.05) is 0 Å². The van der Waals surface area contributed by atoms with Crippen molar-refractivity contribution in [2.45, 2.75) is 31.5 Å². The van der Waals surface area contributed by atoms with Crippen molar-refractivity contribution in [2.24, 2.45) is 11.7 Å². The number of nitrogens with two attached hydrogens (primary N) is 1. The lowest BCUT2D eigenvalue weighted by atomic mass is 10.0. The molecule has 1 aliphatic carbocycles. The van der Waals surface area contributed by atoms with Gasteiger partial charge in [0.2, 0.25) is 0 Å². The molecule has 0 amide bonds. The summed E-state index contributed by atoms with van der Waals surface area (Å²) in [5.41, 5.74) is 5.32. The zero-order chi connectivity index (χ0) is 7.56. The molecule has 1 aliphatic rings. The molecular formula is C7H15NO2. The summed E-state index contributed by atoms with van der Waals surface area (Å²) in [6, 6.07) is 0. The second-order valence-corrected chi connectivity index (χ2v) is 2.97. The minimum absolute atomic E-state index is 0.236. The van der Waals surface area contributed by atoms with Gasteiger partial charge in [-0.05, 0) is 31.7 Å². The maximum atomic E-state index is 9.28. The number of aliphatic hydroxyl groups is 2. The molecule has 0 aromatic heterocycles. The molecule has 0 aliphatic heterocycles. The van der Waals surface area contributed by atoms with Crippen LogP contribution in [0.2, 0.25) is 0 Å². The smallest absolute Gasteiger partial charge is 0.0827 e. The van der Waals surface area contributed by atoms with Crippen molar-refractivity contribution < 1.29 is 10.2 Å². The Balaban J connectivity index is 2.33. The minimum atomic E-state index is -0.524. The van der Waals surface area contributed by atoms with E-state index in [-0.39, 0.29) is 5.92 Å². The van der Waals surface area contributed by atoms with Crippen LogP contribution in [0.5, 0.6) is 0 Å². The zero-order valence-corrected chi connectivity index (χ0v) is 6.03. The summed E-state index contributed by atoms with van der Waals surface area (Å²) in [4.78, 5) is 0. The molecule has 0 heterocycles. The summed E-state index contributed by atoms with van der Waals surface area (Å²) in [6.07, 6.45) is 1.45. The second kappa shape index (κ2) is 3.32. The van der Waals surface area contributed by atoms with Gasteiger partial charge in [0.05, 0.1) is 12.2 Å². The molecule has 0 saturated heterocycles. The molecule has 3 unspecified atom stereocenters. The minimum Gasteiger partial charge on any atom is -0.390 e. The van der Waals surface area contributed by atoms with Crippen LogP contribution in [0.4, 0.5) is 0 Å². The quantitative estimate of drug-likeness (QED) is 0.489. The molecule has 3 atom stereocenters. The molecule has 3 heteroatoms. The van der Waals surface area contributed by atoms with Crippen molar-refractivity contribution in [1.29, 1.82) is 0 Å². The number of aliphatic hydroxyl groups excluding tert-OH is 2. The molecule has 60 valence electrons. The Hall–Kier alpha value is -0.120. The largest absolute Gasteiger partial charge is 0.390 e. The highest BCUT2D eigenvalue weighted by Gasteiger charge is 2.32. The summed E-state index contributed by atoms with van der Waals surface area (Å²) < 4.78 is 0. The van der Waals surface area contributed by atoms with Crippen LogP contribution >= 0.6 is 0 Å². The predicted octanol–water partition coefficient (Wildman–Crippen LogP) is -0.533. The SMILES string of the molecule is NCCC1CCC(O)C1O. The van der Waals surface area contributed by atoms with E-state index in [1.165, 1.54) is 0 Å². The second-order valence-electron chi connectivity index (χ2n) is 2.97. The molecule has 0 spiro atoms. The Morgan fingerprint density at radius 2 is 2.00 bits per heavy atom. The van der Waals surface area contributed by atoms with Gasteiger partial charge in [-0.1, -0.05) is 0 Å². The fraction of sp³-hybridized carbons (Fsp3) is 1.00. The van der Waals surface area contributed by atoms with Crippen molar-refractivity contribution in [3.05, 3.63) is 0 Å². The van der Waals surface area contributed by atoms with Crippen LogP contribution in [0.3, 0.4) is 0 Å². The maximum Gasteiger partial charge on any atom is 0.0827 e. The Morgan fingerprint density at radius 1 is 1.30 bits per heavy atom. The molecule has 0 aromatic rings. The van der Waals surface area contributed by atoms with E-state index in [9.17, 15) is 5.11 Å². The molecule has 4 N–H and O–H groups in total. The molecule has 10 heavy (non-hydrogen) atoms. The van der Waals surface area contributed by atoms with Gasteiger partial charge in [-0.25, -0.2) is 0 Å².